The van der Waals surface area contributed by atoms with Gasteiger partial charge in [0.2, 0.25) is 5.91 Å². The van der Waals surface area contributed by atoms with Crippen LogP contribution in [0.3, 0.4) is 0 Å². The molecule has 1 N–H and O–H groups in total. The van der Waals surface area contributed by atoms with Gasteiger partial charge in [0.05, 0.1) is 42.6 Å². The average Bonchev–Trinajstić information content (AvgIpc) is 3.15. The Morgan fingerprint density at radius 3 is 2.96 bits per heavy atom. The number of esters is 1. The number of nitro groups is 1. The Labute approximate surface area is 140 Å². The highest BCUT2D eigenvalue weighted by Gasteiger charge is 2.13. The number of aryl methyl sites for hydroxylation is 1. The number of nitrogens with zero attached hydrogens (tertiary/aromatic N) is 4. The molecule has 1 amide bonds. The predicted octanol–water partition coefficient (Wildman–Crippen LogP) is 1.38. The number of anilines is 1. The van der Waals surface area contributed by atoms with Gasteiger partial charge in [0, 0.05) is 11.8 Å². The lowest BCUT2D eigenvalue weighted by atomic mass is 10.3. The Balaban J connectivity index is 1.80. The minimum atomic E-state index is -0.600. The van der Waals surface area contributed by atoms with Gasteiger partial charge >= 0.3 is 11.8 Å². The summed E-state index contributed by atoms with van der Waals surface area (Å²) in [7, 11) is 0. The zero-order chi connectivity index (χ0) is 17.5. The van der Waals surface area contributed by atoms with Gasteiger partial charge in [-0.2, -0.15) is 4.68 Å². The van der Waals surface area contributed by atoms with Crippen LogP contribution in [0.5, 0.6) is 0 Å². The molecule has 24 heavy (non-hydrogen) atoms. The molecule has 10 nitrogen and oxygen atoms in total. The molecule has 0 radical (unpaired) electrons. The second-order valence-electron chi connectivity index (χ2n) is 4.62. The normalized spacial score (nSPS) is 10.4. The first-order chi connectivity index (χ1) is 11.5. The summed E-state index contributed by atoms with van der Waals surface area (Å²) >= 11 is 1.21. The standard InChI is InChI=1S/C13H15N5O5S/c1-2-23-12(20)7-9-8-24-13(14-9)15-11(19)4-6-17-5-3-10(16-17)18(21)22/h3,5,8H,2,4,6-7H2,1H3,(H,14,15,19). The van der Waals surface area contributed by atoms with Crippen LogP contribution in [0, 0.1) is 10.1 Å². The molecule has 0 aromatic carbocycles. The molecular weight excluding hydrogens is 338 g/mol. The summed E-state index contributed by atoms with van der Waals surface area (Å²) in [6.45, 7) is 2.23. The van der Waals surface area contributed by atoms with Crippen LogP contribution < -0.4 is 5.32 Å². The van der Waals surface area contributed by atoms with Gasteiger partial charge < -0.3 is 20.2 Å². The number of hydrogen-bond donors (Lipinski definition) is 1. The highest BCUT2D eigenvalue weighted by atomic mass is 32.1. The van der Waals surface area contributed by atoms with Crippen LogP contribution >= 0.6 is 11.3 Å². The first-order valence-corrected chi connectivity index (χ1v) is 7.93. The third kappa shape index (κ3) is 5.12. The van der Waals surface area contributed by atoms with Crippen LogP contribution in [0.15, 0.2) is 17.6 Å². The van der Waals surface area contributed by atoms with Crippen LogP contribution in [0.2, 0.25) is 0 Å². The SMILES string of the molecule is CCOC(=O)Cc1csc(NC(=O)CCn2ccc([N+](=O)[O-])n2)n1. The lowest BCUT2D eigenvalue weighted by molar-refractivity contribution is -0.389. The second-order valence-corrected chi connectivity index (χ2v) is 5.48. The molecule has 0 aliphatic heterocycles. The number of thiazole rings is 1. The van der Waals surface area contributed by atoms with Gasteiger partial charge in [-0.15, -0.1) is 11.3 Å². The van der Waals surface area contributed by atoms with Gasteiger partial charge in [-0.1, -0.05) is 0 Å². The Hall–Kier alpha value is -2.82. The first-order valence-electron chi connectivity index (χ1n) is 7.05. The maximum absolute atomic E-state index is 11.8. The third-order valence-electron chi connectivity index (χ3n) is 2.81. The molecule has 0 unspecified atom stereocenters. The van der Waals surface area contributed by atoms with Gasteiger partial charge in [0.15, 0.2) is 5.13 Å². The highest BCUT2D eigenvalue weighted by Crippen LogP contribution is 2.16. The Morgan fingerprint density at radius 1 is 1.50 bits per heavy atom. The Kier molecular flexibility index (Phi) is 5.95. The molecule has 2 aromatic rings. The molecule has 2 heterocycles. The van der Waals surface area contributed by atoms with Gasteiger partial charge in [0.1, 0.15) is 0 Å². The van der Waals surface area contributed by atoms with E-state index in [1.165, 1.54) is 28.3 Å². The lowest BCUT2D eigenvalue weighted by Crippen LogP contribution is -2.15. The zero-order valence-corrected chi connectivity index (χ0v) is 13.6. The van der Waals surface area contributed by atoms with Gasteiger partial charge in [-0.3, -0.25) is 9.59 Å². The second kappa shape index (κ2) is 8.15. The van der Waals surface area contributed by atoms with Gasteiger partial charge in [-0.05, 0) is 11.8 Å². The average molecular weight is 353 g/mol. The molecule has 0 bridgehead atoms. The number of carbonyl (C=O) groups is 2. The number of amides is 1. The van der Waals surface area contributed by atoms with Crippen LogP contribution in [-0.4, -0.2) is 38.2 Å². The molecule has 0 saturated heterocycles. The van der Waals surface area contributed by atoms with E-state index in [0.717, 1.165) is 0 Å². The molecule has 0 spiro atoms. The van der Waals surface area contributed by atoms with Crippen LogP contribution in [0.1, 0.15) is 19.0 Å². The molecule has 0 saturated carbocycles. The molecule has 0 aliphatic rings. The largest absolute Gasteiger partial charge is 0.466 e. The molecular formula is C13H15N5O5S. The van der Waals surface area contributed by atoms with Crippen molar-refractivity contribution in [2.24, 2.45) is 0 Å². The van der Waals surface area contributed by atoms with Crippen molar-refractivity contribution in [2.75, 3.05) is 11.9 Å². The van der Waals surface area contributed by atoms with Crippen molar-refractivity contribution in [3.05, 3.63) is 33.5 Å². The van der Waals surface area contributed by atoms with Crippen molar-refractivity contribution in [2.45, 2.75) is 26.3 Å². The van der Waals surface area contributed by atoms with Crippen molar-refractivity contribution >= 4 is 34.2 Å². The number of ether oxygens (including phenoxy) is 1. The minimum Gasteiger partial charge on any atom is -0.466 e. The maximum Gasteiger partial charge on any atom is 0.389 e. The zero-order valence-electron chi connectivity index (χ0n) is 12.8. The van der Waals surface area contributed by atoms with E-state index in [1.54, 1.807) is 12.3 Å². The molecule has 0 aliphatic carbocycles. The first kappa shape index (κ1) is 17.5. The van der Waals surface area contributed by atoms with Crippen molar-refractivity contribution in [3.8, 4) is 0 Å². The van der Waals surface area contributed by atoms with Crippen molar-refractivity contribution < 1.29 is 19.2 Å². The summed E-state index contributed by atoms with van der Waals surface area (Å²) in [6.07, 6.45) is 1.58. The Bertz CT molecular complexity index is 741. The summed E-state index contributed by atoms with van der Waals surface area (Å²) in [5.41, 5.74) is 0.524. The molecule has 0 atom stereocenters. The summed E-state index contributed by atoms with van der Waals surface area (Å²) in [5, 5.41) is 18.9. The maximum atomic E-state index is 11.8. The molecule has 2 aromatic heterocycles. The van der Waals surface area contributed by atoms with Crippen molar-refractivity contribution in [1.29, 1.82) is 0 Å². The summed E-state index contributed by atoms with van der Waals surface area (Å²) in [4.78, 5) is 37.3. The van der Waals surface area contributed by atoms with E-state index < -0.39 is 4.92 Å². The van der Waals surface area contributed by atoms with Crippen LogP contribution in [-0.2, 0) is 27.3 Å². The van der Waals surface area contributed by atoms with Crippen LogP contribution in [0.4, 0.5) is 10.9 Å². The fourth-order valence-electron chi connectivity index (χ4n) is 1.78. The fraction of sp³-hybridized carbons (Fsp3) is 0.385. The van der Waals surface area contributed by atoms with E-state index in [9.17, 15) is 19.7 Å². The number of hydrogen-bond acceptors (Lipinski definition) is 8. The monoisotopic (exact) mass is 353 g/mol. The fourth-order valence-corrected chi connectivity index (χ4v) is 2.50. The molecule has 0 fully saturated rings. The van der Waals surface area contributed by atoms with Gasteiger partial charge in [0.25, 0.3) is 0 Å². The number of carbonyl (C=O) groups excluding carboxylic acids is 2. The number of aromatic nitrogens is 3. The van der Waals surface area contributed by atoms with Crippen molar-refractivity contribution in [3.63, 3.8) is 0 Å². The highest BCUT2D eigenvalue weighted by molar-refractivity contribution is 7.13. The van der Waals surface area contributed by atoms with E-state index in [0.29, 0.717) is 17.4 Å². The quantitative estimate of drug-likeness (QED) is 0.431. The summed E-state index contributed by atoms with van der Waals surface area (Å²) in [6, 6.07) is 1.26. The third-order valence-corrected chi connectivity index (χ3v) is 3.62. The van der Waals surface area contributed by atoms with E-state index >= 15 is 0 Å². The minimum absolute atomic E-state index is 0.0527. The molecule has 128 valence electrons. The number of nitrogens with one attached hydrogen (secondary N) is 1. The van der Waals surface area contributed by atoms with Crippen molar-refractivity contribution in [1.82, 2.24) is 14.8 Å². The Morgan fingerprint density at radius 2 is 2.29 bits per heavy atom. The predicted molar refractivity (Wildman–Crippen MR) is 84.6 cm³/mol. The summed E-state index contributed by atoms with van der Waals surface area (Å²) < 4.78 is 6.15. The van der Waals surface area contributed by atoms with E-state index in [1.807, 2.05) is 0 Å². The molecule has 11 heteroatoms. The smallest absolute Gasteiger partial charge is 0.389 e. The van der Waals surface area contributed by atoms with E-state index in [2.05, 4.69) is 15.4 Å². The summed E-state index contributed by atoms with van der Waals surface area (Å²) in [5.74, 6) is -0.940. The lowest BCUT2D eigenvalue weighted by Gasteiger charge is -2.00. The molecule has 2 rings (SSSR count). The topological polar surface area (TPSA) is 129 Å². The van der Waals surface area contributed by atoms with Crippen LogP contribution in [0.25, 0.3) is 0 Å². The van der Waals surface area contributed by atoms with E-state index in [4.69, 9.17) is 4.74 Å². The van der Waals surface area contributed by atoms with E-state index in [-0.39, 0.29) is 37.1 Å². The number of rotatable bonds is 8. The van der Waals surface area contributed by atoms with Gasteiger partial charge in [-0.25, -0.2) is 4.98 Å².